The van der Waals surface area contributed by atoms with E-state index in [4.69, 9.17) is 5.73 Å². The van der Waals surface area contributed by atoms with Crippen molar-refractivity contribution >= 4 is 11.8 Å². The van der Waals surface area contributed by atoms with Crippen LogP contribution in [0.1, 0.15) is 40.0 Å². The Labute approximate surface area is 99.0 Å². The fourth-order valence-electron chi connectivity index (χ4n) is 2.18. The van der Waals surface area contributed by atoms with Crippen LogP contribution in [0.4, 0.5) is 0 Å². The van der Waals surface area contributed by atoms with Crippen LogP contribution < -0.4 is 5.73 Å². The molecule has 1 unspecified atom stereocenters. The minimum absolute atomic E-state index is 0.458. The predicted octanol–water partition coefficient (Wildman–Crippen LogP) is 2.33. The molecule has 1 aliphatic rings. The lowest BCUT2D eigenvalue weighted by molar-refractivity contribution is 0.198. The Hall–Kier alpha value is 0.270. The minimum atomic E-state index is 0.458. The van der Waals surface area contributed by atoms with Gasteiger partial charge in [0.15, 0.2) is 0 Å². The molecule has 1 saturated heterocycles. The average Bonchev–Trinajstić information content (AvgIpc) is 2.36. The fourth-order valence-corrected chi connectivity index (χ4v) is 3.30. The van der Waals surface area contributed by atoms with Gasteiger partial charge in [-0.05, 0) is 19.4 Å². The van der Waals surface area contributed by atoms with Crippen LogP contribution >= 0.6 is 11.8 Å². The van der Waals surface area contributed by atoms with Gasteiger partial charge < -0.3 is 5.73 Å². The zero-order valence-corrected chi connectivity index (χ0v) is 11.3. The maximum atomic E-state index is 5.86. The number of nitrogens with two attached hydrogens (primary N) is 1. The topological polar surface area (TPSA) is 29.3 Å². The van der Waals surface area contributed by atoms with Crippen molar-refractivity contribution in [1.82, 2.24) is 4.90 Å². The highest BCUT2D eigenvalue weighted by atomic mass is 32.2. The highest BCUT2D eigenvalue weighted by Gasteiger charge is 2.26. The first-order chi connectivity index (χ1) is 7.09. The molecule has 0 aromatic rings. The molecule has 1 fully saturated rings. The lowest BCUT2D eigenvalue weighted by atomic mass is 10.1. The molecule has 0 aromatic heterocycles. The summed E-state index contributed by atoms with van der Waals surface area (Å²) in [5.41, 5.74) is 5.86. The quantitative estimate of drug-likeness (QED) is 0.804. The third-order valence-corrected chi connectivity index (χ3v) is 4.66. The first-order valence-corrected chi connectivity index (χ1v) is 7.15. The Balaban J connectivity index is 2.48. The SMILES string of the molecule is CCCC(CN)N1CCSC(C)(C)CC1. The van der Waals surface area contributed by atoms with E-state index in [1.807, 2.05) is 0 Å². The molecule has 3 heteroatoms. The summed E-state index contributed by atoms with van der Waals surface area (Å²) in [5, 5.41) is 0. The molecule has 1 atom stereocenters. The standard InChI is InChI=1S/C12H26N2S/c1-4-5-11(10-13)14-7-6-12(2,3)15-9-8-14/h11H,4-10,13H2,1-3H3. The van der Waals surface area contributed by atoms with E-state index in [9.17, 15) is 0 Å². The van der Waals surface area contributed by atoms with Crippen molar-refractivity contribution in [3.63, 3.8) is 0 Å². The van der Waals surface area contributed by atoms with Gasteiger partial charge in [-0.3, -0.25) is 4.90 Å². The van der Waals surface area contributed by atoms with Crippen molar-refractivity contribution in [2.45, 2.75) is 50.8 Å². The van der Waals surface area contributed by atoms with Gasteiger partial charge in [-0.25, -0.2) is 0 Å². The van der Waals surface area contributed by atoms with Crippen molar-refractivity contribution in [3.05, 3.63) is 0 Å². The molecule has 1 aliphatic heterocycles. The van der Waals surface area contributed by atoms with Crippen LogP contribution in [0.5, 0.6) is 0 Å². The lowest BCUT2D eigenvalue weighted by Crippen LogP contribution is -2.42. The van der Waals surface area contributed by atoms with Crippen molar-refractivity contribution in [3.8, 4) is 0 Å². The normalized spacial score (nSPS) is 24.8. The molecule has 2 nitrogen and oxygen atoms in total. The largest absolute Gasteiger partial charge is 0.329 e. The van der Waals surface area contributed by atoms with Gasteiger partial charge in [0.1, 0.15) is 0 Å². The zero-order valence-electron chi connectivity index (χ0n) is 10.5. The molecule has 0 bridgehead atoms. The van der Waals surface area contributed by atoms with E-state index in [-0.39, 0.29) is 0 Å². The smallest absolute Gasteiger partial charge is 0.0218 e. The Morgan fingerprint density at radius 3 is 2.73 bits per heavy atom. The van der Waals surface area contributed by atoms with E-state index < -0.39 is 0 Å². The number of thioether (sulfide) groups is 1. The minimum Gasteiger partial charge on any atom is -0.329 e. The van der Waals surface area contributed by atoms with Gasteiger partial charge >= 0.3 is 0 Å². The molecule has 0 aromatic carbocycles. The Kier molecular flexibility index (Phi) is 5.44. The highest BCUT2D eigenvalue weighted by Crippen LogP contribution is 2.31. The number of hydrogen-bond donors (Lipinski definition) is 1. The summed E-state index contributed by atoms with van der Waals surface area (Å²) < 4.78 is 0.458. The Morgan fingerprint density at radius 1 is 1.40 bits per heavy atom. The van der Waals surface area contributed by atoms with E-state index in [2.05, 4.69) is 37.4 Å². The number of rotatable bonds is 4. The van der Waals surface area contributed by atoms with Crippen LogP contribution in [0.3, 0.4) is 0 Å². The Bertz CT molecular complexity index is 182. The van der Waals surface area contributed by atoms with Crippen LogP contribution in [-0.4, -0.2) is 41.1 Å². The highest BCUT2D eigenvalue weighted by molar-refractivity contribution is 8.00. The van der Waals surface area contributed by atoms with Crippen LogP contribution in [0.15, 0.2) is 0 Å². The van der Waals surface area contributed by atoms with E-state index in [0.29, 0.717) is 10.8 Å². The van der Waals surface area contributed by atoms with Crippen molar-refractivity contribution < 1.29 is 0 Å². The third-order valence-electron chi connectivity index (χ3n) is 3.28. The van der Waals surface area contributed by atoms with Gasteiger partial charge in [0, 0.05) is 29.6 Å². The first-order valence-electron chi connectivity index (χ1n) is 6.17. The monoisotopic (exact) mass is 230 g/mol. The van der Waals surface area contributed by atoms with E-state index >= 15 is 0 Å². The van der Waals surface area contributed by atoms with Crippen LogP contribution in [-0.2, 0) is 0 Å². The van der Waals surface area contributed by atoms with E-state index in [0.717, 1.165) is 6.54 Å². The molecule has 90 valence electrons. The third kappa shape index (κ3) is 4.33. The van der Waals surface area contributed by atoms with E-state index in [1.165, 1.54) is 38.1 Å². The summed E-state index contributed by atoms with van der Waals surface area (Å²) in [6.45, 7) is 10.2. The van der Waals surface area contributed by atoms with Gasteiger partial charge in [-0.1, -0.05) is 27.2 Å². The van der Waals surface area contributed by atoms with E-state index in [1.54, 1.807) is 0 Å². The summed E-state index contributed by atoms with van der Waals surface area (Å²) in [6, 6.07) is 0.615. The number of hydrogen-bond acceptors (Lipinski definition) is 3. The molecule has 1 rings (SSSR count). The molecule has 0 amide bonds. The average molecular weight is 230 g/mol. The van der Waals surface area contributed by atoms with Crippen LogP contribution in [0.2, 0.25) is 0 Å². The summed E-state index contributed by atoms with van der Waals surface area (Å²) in [6.07, 6.45) is 3.79. The molecule has 0 saturated carbocycles. The van der Waals surface area contributed by atoms with Crippen molar-refractivity contribution in [2.75, 3.05) is 25.4 Å². The molecule has 2 N–H and O–H groups in total. The molecule has 1 heterocycles. The van der Waals surface area contributed by atoms with Gasteiger partial charge in [-0.2, -0.15) is 11.8 Å². The second kappa shape index (κ2) is 6.12. The maximum absolute atomic E-state index is 5.86. The summed E-state index contributed by atoms with van der Waals surface area (Å²) in [4.78, 5) is 2.60. The van der Waals surface area contributed by atoms with Gasteiger partial charge in [-0.15, -0.1) is 0 Å². The summed E-state index contributed by atoms with van der Waals surface area (Å²) in [7, 11) is 0. The molecular formula is C12H26N2S. The number of nitrogens with zero attached hydrogens (tertiary/aromatic N) is 1. The lowest BCUT2D eigenvalue weighted by Gasteiger charge is -2.29. The molecular weight excluding hydrogens is 204 g/mol. The fraction of sp³-hybridized carbons (Fsp3) is 1.00. The second-order valence-electron chi connectivity index (χ2n) is 5.07. The van der Waals surface area contributed by atoms with Gasteiger partial charge in [0.05, 0.1) is 0 Å². The summed E-state index contributed by atoms with van der Waals surface area (Å²) in [5.74, 6) is 1.26. The van der Waals surface area contributed by atoms with Gasteiger partial charge in [0.2, 0.25) is 0 Å². The molecule has 0 aliphatic carbocycles. The zero-order chi connectivity index (χ0) is 11.3. The van der Waals surface area contributed by atoms with Gasteiger partial charge in [0.25, 0.3) is 0 Å². The van der Waals surface area contributed by atoms with Crippen LogP contribution in [0.25, 0.3) is 0 Å². The van der Waals surface area contributed by atoms with Crippen molar-refractivity contribution in [1.29, 1.82) is 0 Å². The second-order valence-corrected chi connectivity index (χ2v) is 6.87. The Morgan fingerprint density at radius 2 is 2.13 bits per heavy atom. The van der Waals surface area contributed by atoms with Crippen LogP contribution in [0, 0.1) is 0 Å². The van der Waals surface area contributed by atoms with Crippen molar-refractivity contribution in [2.24, 2.45) is 5.73 Å². The molecule has 15 heavy (non-hydrogen) atoms. The summed E-state index contributed by atoms with van der Waals surface area (Å²) >= 11 is 2.11. The molecule has 0 radical (unpaired) electrons. The first kappa shape index (κ1) is 13.3. The predicted molar refractivity (Wildman–Crippen MR) is 70.5 cm³/mol. The maximum Gasteiger partial charge on any atom is 0.0218 e. The molecule has 0 spiro atoms.